The molecule has 3 aromatic rings. The number of rotatable bonds is 2. The molecule has 15 heavy (non-hydrogen) atoms. The van der Waals surface area contributed by atoms with E-state index < -0.39 is 0 Å². The van der Waals surface area contributed by atoms with Crippen molar-refractivity contribution in [1.82, 2.24) is 9.38 Å². The van der Waals surface area contributed by atoms with Gasteiger partial charge in [-0.25, -0.2) is 4.98 Å². The van der Waals surface area contributed by atoms with Crippen LogP contribution in [0, 0.1) is 0 Å². The standard InChI is InChI=1S/C10H9N3S2/c11-6-8-9(7-2-1-5-14-7)13-4-3-12-10(13)15-8/h1-5H,6,11H2. The third-order valence-corrected chi connectivity index (χ3v) is 4.23. The lowest BCUT2D eigenvalue weighted by Crippen LogP contribution is -1.96. The molecule has 3 rings (SSSR count). The average molecular weight is 235 g/mol. The van der Waals surface area contributed by atoms with Gasteiger partial charge in [0.25, 0.3) is 0 Å². The molecule has 0 bridgehead atoms. The van der Waals surface area contributed by atoms with E-state index in [0.717, 1.165) is 4.96 Å². The molecule has 2 N–H and O–H groups in total. The van der Waals surface area contributed by atoms with Crippen molar-refractivity contribution in [2.75, 3.05) is 0 Å². The van der Waals surface area contributed by atoms with Crippen LogP contribution < -0.4 is 5.73 Å². The summed E-state index contributed by atoms with van der Waals surface area (Å²) in [5.74, 6) is 0. The van der Waals surface area contributed by atoms with E-state index in [1.165, 1.54) is 15.4 Å². The smallest absolute Gasteiger partial charge is 0.194 e. The number of hydrogen-bond donors (Lipinski definition) is 1. The van der Waals surface area contributed by atoms with Gasteiger partial charge in [0.05, 0.1) is 10.6 Å². The maximum Gasteiger partial charge on any atom is 0.194 e. The third-order valence-electron chi connectivity index (χ3n) is 2.27. The minimum atomic E-state index is 0.571. The number of imidazole rings is 1. The molecule has 0 atom stereocenters. The Balaban J connectivity index is 2.34. The Morgan fingerprint density at radius 2 is 2.40 bits per heavy atom. The number of aromatic nitrogens is 2. The summed E-state index contributed by atoms with van der Waals surface area (Å²) in [6.45, 7) is 0.571. The highest BCUT2D eigenvalue weighted by Crippen LogP contribution is 2.33. The van der Waals surface area contributed by atoms with Crippen LogP contribution in [0.4, 0.5) is 0 Å². The monoisotopic (exact) mass is 235 g/mol. The van der Waals surface area contributed by atoms with Gasteiger partial charge in [-0.2, -0.15) is 0 Å². The summed E-state index contributed by atoms with van der Waals surface area (Å²) < 4.78 is 2.11. The molecule has 0 fully saturated rings. The predicted molar refractivity (Wildman–Crippen MR) is 64.3 cm³/mol. The molecule has 0 unspecified atom stereocenters. The molecule has 5 heteroatoms. The molecular weight excluding hydrogens is 226 g/mol. The molecule has 0 aliphatic heterocycles. The first-order valence-corrected chi connectivity index (χ1v) is 6.28. The van der Waals surface area contributed by atoms with Crippen LogP contribution in [-0.4, -0.2) is 9.38 Å². The summed E-state index contributed by atoms with van der Waals surface area (Å²) in [4.78, 5) is 7.75. The molecule has 0 aliphatic rings. The molecule has 0 spiro atoms. The first-order chi connectivity index (χ1) is 7.40. The zero-order valence-electron chi connectivity index (χ0n) is 7.88. The fraction of sp³-hybridized carbons (Fsp3) is 0.100. The highest BCUT2D eigenvalue weighted by Gasteiger charge is 2.13. The quantitative estimate of drug-likeness (QED) is 0.742. The van der Waals surface area contributed by atoms with Crippen molar-refractivity contribution >= 4 is 27.6 Å². The molecule has 0 saturated heterocycles. The summed E-state index contributed by atoms with van der Waals surface area (Å²) in [7, 11) is 0. The molecule has 0 amide bonds. The summed E-state index contributed by atoms with van der Waals surface area (Å²) in [5.41, 5.74) is 6.95. The Kier molecular flexibility index (Phi) is 2.09. The van der Waals surface area contributed by atoms with E-state index in [0.29, 0.717) is 6.54 Å². The van der Waals surface area contributed by atoms with E-state index >= 15 is 0 Å². The van der Waals surface area contributed by atoms with Gasteiger partial charge in [0.15, 0.2) is 4.96 Å². The number of hydrogen-bond acceptors (Lipinski definition) is 4. The fourth-order valence-electron chi connectivity index (χ4n) is 1.64. The molecule has 3 nitrogen and oxygen atoms in total. The maximum absolute atomic E-state index is 5.75. The van der Waals surface area contributed by atoms with Crippen molar-refractivity contribution in [3.63, 3.8) is 0 Å². The minimum Gasteiger partial charge on any atom is -0.326 e. The van der Waals surface area contributed by atoms with Gasteiger partial charge in [0.2, 0.25) is 0 Å². The van der Waals surface area contributed by atoms with E-state index in [1.54, 1.807) is 22.7 Å². The van der Waals surface area contributed by atoms with Crippen molar-refractivity contribution in [2.24, 2.45) is 5.73 Å². The molecule has 0 saturated carbocycles. The Labute approximate surface area is 94.8 Å². The van der Waals surface area contributed by atoms with Gasteiger partial charge in [-0.3, -0.25) is 4.40 Å². The van der Waals surface area contributed by atoms with Crippen LogP contribution in [0.3, 0.4) is 0 Å². The number of nitrogens with zero attached hydrogens (tertiary/aromatic N) is 2. The van der Waals surface area contributed by atoms with E-state index in [2.05, 4.69) is 26.9 Å². The summed E-state index contributed by atoms with van der Waals surface area (Å²) >= 11 is 3.39. The fourth-order valence-corrected chi connectivity index (χ4v) is 3.47. The van der Waals surface area contributed by atoms with Gasteiger partial charge in [0.1, 0.15) is 0 Å². The summed E-state index contributed by atoms with van der Waals surface area (Å²) in [5, 5.41) is 2.08. The van der Waals surface area contributed by atoms with Gasteiger partial charge in [0, 0.05) is 23.8 Å². The van der Waals surface area contributed by atoms with Gasteiger partial charge < -0.3 is 5.73 Å². The molecule has 0 aliphatic carbocycles. The van der Waals surface area contributed by atoms with E-state index in [1.807, 2.05) is 12.4 Å². The molecule has 3 aromatic heterocycles. The number of nitrogens with two attached hydrogens (primary N) is 1. The highest BCUT2D eigenvalue weighted by molar-refractivity contribution is 7.18. The second kappa shape index (κ2) is 3.44. The van der Waals surface area contributed by atoms with Crippen LogP contribution in [0.2, 0.25) is 0 Å². The predicted octanol–water partition coefficient (Wildman–Crippen LogP) is 2.58. The topological polar surface area (TPSA) is 43.3 Å². The lowest BCUT2D eigenvalue weighted by molar-refractivity contribution is 1.09. The zero-order chi connectivity index (χ0) is 10.3. The third kappa shape index (κ3) is 1.31. The number of thiophene rings is 1. The van der Waals surface area contributed by atoms with Crippen LogP contribution >= 0.6 is 22.7 Å². The first kappa shape index (κ1) is 9.08. The van der Waals surface area contributed by atoms with Crippen LogP contribution in [-0.2, 0) is 6.54 Å². The largest absolute Gasteiger partial charge is 0.326 e. The SMILES string of the molecule is NCc1sc2nccn2c1-c1cccs1. The van der Waals surface area contributed by atoms with Gasteiger partial charge in [-0.15, -0.1) is 11.3 Å². The van der Waals surface area contributed by atoms with E-state index in [4.69, 9.17) is 5.73 Å². The summed E-state index contributed by atoms with van der Waals surface area (Å²) in [6, 6.07) is 4.17. The minimum absolute atomic E-state index is 0.571. The van der Waals surface area contributed by atoms with Gasteiger partial charge >= 0.3 is 0 Å². The van der Waals surface area contributed by atoms with Crippen molar-refractivity contribution < 1.29 is 0 Å². The van der Waals surface area contributed by atoms with Crippen LogP contribution in [0.25, 0.3) is 15.5 Å². The van der Waals surface area contributed by atoms with Gasteiger partial charge in [-0.1, -0.05) is 17.4 Å². The van der Waals surface area contributed by atoms with Gasteiger partial charge in [-0.05, 0) is 11.4 Å². The zero-order valence-corrected chi connectivity index (χ0v) is 9.52. The molecular formula is C10H9N3S2. The second-order valence-corrected chi connectivity index (χ2v) is 5.14. The van der Waals surface area contributed by atoms with Crippen molar-refractivity contribution in [1.29, 1.82) is 0 Å². The maximum atomic E-state index is 5.75. The van der Waals surface area contributed by atoms with Crippen molar-refractivity contribution in [3.8, 4) is 10.6 Å². The second-order valence-electron chi connectivity index (χ2n) is 3.14. The van der Waals surface area contributed by atoms with Crippen molar-refractivity contribution in [3.05, 3.63) is 34.8 Å². The summed E-state index contributed by atoms with van der Waals surface area (Å²) in [6.07, 6.45) is 3.81. The Morgan fingerprint density at radius 1 is 1.47 bits per heavy atom. The van der Waals surface area contributed by atoms with Crippen LogP contribution in [0.5, 0.6) is 0 Å². The number of fused-ring (bicyclic) bond motifs is 1. The molecule has 3 heterocycles. The average Bonchev–Trinajstić information content (AvgIpc) is 2.92. The van der Waals surface area contributed by atoms with E-state index in [-0.39, 0.29) is 0 Å². The first-order valence-electron chi connectivity index (χ1n) is 4.59. The van der Waals surface area contributed by atoms with Crippen LogP contribution in [0.15, 0.2) is 29.9 Å². The number of thiazole rings is 1. The van der Waals surface area contributed by atoms with Crippen molar-refractivity contribution in [2.45, 2.75) is 6.54 Å². The molecule has 0 aromatic carbocycles. The Bertz CT molecular complexity index is 577. The highest BCUT2D eigenvalue weighted by atomic mass is 32.1. The molecule has 0 radical (unpaired) electrons. The van der Waals surface area contributed by atoms with Crippen LogP contribution in [0.1, 0.15) is 4.88 Å². The lowest BCUT2D eigenvalue weighted by atomic mass is 10.3. The Hall–Kier alpha value is -1.17. The Morgan fingerprint density at radius 3 is 3.13 bits per heavy atom. The molecule has 76 valence electrons. The van der Waals surface area contributed by atoms with E-state index in [9.17, 15) is 0 Å². The lowest BCUT2D eigenvalue weighted by Gasteiger charge is -1.98. The normalized spacial score (nSPS) is 11.3.